The highest BCUT2D eigenvalue weighted by atomic mass is 16.4. The number of hydrogen-bond acceptors (Lipinski definition) is 3. The van der Waals surface area contributed by atoms with Crippen molar-refractivity contribution in [3.05, 3.63) is 12.2 Å². The largest absolute Gasteiger partial charge is 0.481 e. The smallest absolute Gasteiger partial charge is 0.337 e. The van der Waals surface area contributed by atoms with Crippen molar-refractivity contribution in [2.75, 3.05) is 0 Å². The molecule has 7 heteroatoms. The maximum Gasteiger partial charge on any atom is 0.337 e. The average molecular weight is 244 g/mol. The Morgan fingerprint density at radius 3 is 1.94 bits per heavy atom. The van der Waals surface area contributed by atoms with Crippen LogP contribution >= 0.6 is 0 Å². The Hall–Kier alpha value is -2.18. The zero-order valence-electron chi connectivity index (χ0n) is 9.71. The second-order valence-corrected chi connectivity index (χ2v) is 2.85. The van der Waals surface area contributed by atoms with Crippen molar-refractivity contribution in [3.8, 4) is 0 Å². The third-order valence-corrected chi connectivity index (χ3v) is 1.66. The van der Waals surface area contributed by atoms with Gasteiger partial charge >= 0.3 is 18.0 Å². The fourth-order valence-electron chi connectivity index (χ4n) is 0.846. The lowest BCUT2D eigenvalue weighted by molar-refractivity contribution is -0.143. The standard InChI is InChI=1S/C7H10O4.C3H6N2O/c1-3-5(7(10)11)4(2)6(8)9;1-2-5-3(4)6/h5H,2-3H2,1H3,(H,8,9)(H,10,11);2H,1H3,(H2,4,6). The van der Waals surface area contributed by atoms with Crippen molar-refractivity contribution in [1.82, 2.24) is 0 Å². The number of urea groups is 1. The first-order valence-corrected chi connectivity index (χ1v) is 4.70. The zero-order chi connectivity index (χ0) is 14.0. The summed E-state index contributed by atoms with van der Waals surface area (Å²) in [5.41, 5.74) is 4.30. The lowest BCUT2D eigenvalue weighted by Crippen LogP contribution is -2.19. The van der Waals surface area contributed by atoms with Crippen LogP contribution < -0.4 is 5.73 Å². The van der Waals surface area contributed by atoms with Crippen LogP contribution in [0.1, 0.15) is 20.3 Å². The quantitative estimate of drug-likeness (QED) is 0.499. The Kier molecular flexibility index (Phi) is 9.19. The van der Waals surface area contributed by atoms with E-state index >= 15 is 0 Å². The molecule has 7 nitrogen and oxygen atoms in total. The van der Waals surface area contributed by atoms with Crippen LogP contribution in [0.5, 0.6) is 0 Å². The Morgan fingerprint density at radius 1 is 1.41 bits per heavy atom. The van der Waals surface area contributed by atoms with Gasteiger partial charge in [-0.1, -0.05) is 13.5 Å². The summed E-state index contributed by atoms with van der Waals surface area (Å²) in [6.45, 7) is 6.40. The predicted molar refractivity (Wildman–Crippen MR) is 61.9 cm³/mol. The van der Waals surface area contributed by atoms with Crippen molar-refractivity contribution in [3.63, 3.8) is 0 Å². The molecule has 2 amide bonds. The van der Waals surface area contributed by atoms with E-state index in [1.54, 1.807) is 13.8 Å². The number of nitrogens with two attached hydrogens (primary N) is 1. The van der Waals surface area contributed by atoms with Crippen LogP contribution in [0, 0.1) is 5.92 Å². The molecule has 4 N–H and O–H groups in total. The molecule has 0 aliphatic heterocycles. The van der Waals surface area contributed by atoms with E-state index in [0.717, 1.165) is 0 Å². The molecule has 0 bridgehead atoms. The molecule has 0 saturated heterocycles. The number of carbonyl (C=O) groups excluding carboxylic acids is 1. The van der Waals surface area contributed by atoms with E-state index in [0.29, 0.717) is 0 Å². The summed E-state index contributed by atoms with van der Waals surface area (Å²) in [5.74, 6) is -3.35. The zero-order valence-corrected chi connectivity index (χ0v) is 9.71. The third kappa shape index (κ3) is 8.79. The van der Waals surface area contributed by atoms with Crippen LogP contribution in [0.3, 0.4) is 0 Å². The van der Waals surface area contributed by atoms with E-state index in [9.17, 15) is 14.4 Å². The number of amides is 2. The normalized spacial score (nSPS) is 11.2. The van der Waals surface area contributed by atoms with Gasteiger partial charge in [-0.05, 0) is 13.3 Å². The molecular weight excluding hydrogens is 228 g/mol. The van der Waals surface area contributed by atoms with Gasteiger partial charge in [-0.15, -0.1) is 0 Å². The molecule has 96 valence electrons. The molecule has 0 rings (SSSR count). The van der Waals surface area contributed by atoms with Crippen LogP contribution in [0.2, 0.25) is 0 Å². The SMILES string of the molecule is C=C(C(=O)O)C(CC)C(=O)O.CC=NC(N)=O. The van der Waals surface area contributed by atoms with Crippen LogP contribution in [0.25, 0.3) is 0 Å². The summed E-state index contributed by atoms with van der Waals surface area (Å²) in [6, 6.07) is -0.641. The number of hydrogen-bond donors (Lipinski definition) is 3. The summed E-state index contributed by atoms with van der Waals surface area (Å²) < 4.78 is 0. The van der Waals surface area contributed by atoms with Crippen molar-refractivity contribution in [2.24, 2.45) is 16.6 Å². The van der Waals surface area contributed by atoms with Crippen LogP contribution in [0.4, 0.5) is 4.79 Å². The Balaban J connectivity index is 0. The summed E-state index contributed by atoms with van der Waals surface area (Å²) in [7, 11) is 0. The lowest BCUT2D eigenvalue weighted by atomic mass is 9.98. The highest BCUT2D eigenvalue weighted by Gasteiger charge is 2.22. The second-order valence-electron chi connectivity index (χ2n) is 2.85. The highest BCUT2D eigenvalue weighted by Crippen LogP contribution is 2.13. The number of carbonyl (C=O) groups is 3. The number of nitrogens with zero attached hydrogens (tertiary/aromatic N) is 1. The first kappa shape index (κ1) is 17.2. The lowest BCUT2D eigenvalue weighted by Gasteiger charge is -2.07. The molecule has 0 aromatic rings. The van der Waals surface area contributed by atoms with Gasteiger partial charge in [-0.25, -0.2) is 14.6 Å². The molecule has 0 saturated carbocycles. The topological polar surface area (TPSA) is 130 Å². The first-order chi connectivity index (χ1) is 7.77. The molecule has 0 aromatic carbocycles. The van der Waals surface area contributed by atoms with Crippen LogP contribution in [-0.2, 0) is 9.59 Å². The van der Waals surface area contributed by atoms with Gasteiger partial charge in [0, 0.05) is 11.8 Å². The minimum Gasteiger partial charge on any atom is -0.481 e. The molecule has 1 atom stereocenters. The average Bonchev–Trinajstić information content (AvgIpc) is 2.18. The van der Waals surface area contributed by atoms with E-state index in [4.69, 9.17) is 10.2 Å². The molecule has 0 aliphatic carbocycles. The van der Waals surface area contributed by atoms with Gasteiger partial charge in [0.05, 0.1) is 5.92 Å². The van der Waals surface area contributed by atoms with E-state index in [1.165, 1.54) is 6.21 Å². The van der Waals surface area contributed by atoms with Crippen molar-refractivity contribution in [2.45, 2.75) is 20.3 Å². The summed E-state index contributed by atoms with van der Waals surface area (Å²) in [6.07, 6.45) is 1.60. The molecule has 0 heterocycles. The molecule has 17 heavy (non-hydrogen) atoms. The highest BCUT2D eigenvalue weighted by molar-refractivity contribution is 5.93. The third-order valence-electron chi connectivity index (χ3n) is 1.66. The number of aliphatic carboxylic acids is 2. The maximum atomic E-state index is 10.4. The fraction of sp³-hybridized carbons (Fsp3) is 0.400. The maximum absolute atomic E-state index is 10.4. The minimum absolute atomic E-state index is 0.250. The van der Waals surface area contributed by atoms with Crippen LogP contribution in [-0.4, -0.2) is 34.4 Å². The molecule has 0 aromatic heterocycles. The minimum atomic E-state index is -1.25. The van der Waals surface area contributed by atoms with Crippen LogP contribution in [0.15, 0.2) is 17.1 Å². The number of aliphatic imine (C=N–C) groups is 1. The Morgan fingerprint density at radius 2 is 1.88 bits per heavy atom. The summed E-state index contributed by atoms with van der Waals surface area (Å²) in [4.78, 5) is 33.4. The van der Waals surface area contributed by atoms with Gasteiger partial charge in [-0.3, -0.25) is 4.79 Å². The Bertz CT molecular complexity index is 336. The fourth-order valence-corrected chi connectivity index (χ4v) is 0.846. The van der Waals surface area contributed by atoms with Gasteiger partial charge in [0.25, 0.3) is 0 Å². The summed E-state index contributed by atoms with van der Waals surface area (Å²) >= 11 is 0. The number of carboxylic acid groups (broad SMARTS) is 2. The first-order valence-electron chi connectivity index (χ1n) is 4.70. The molecule has 0 radical (unpaired) electrons. The van der Waals surface area contributed by atoms with Gasteiger partial charge in [0.15, 0.2) is 0 Å². The van der Waals surface area contributed by atoms with Gasteiger partial charge < -0.3 is 15.9 Å². The Labute approximate surface area is 98.6 Å². The number of primary amides is 1. The van der Waals surface area contributed by atoms with Gasteiger partial charge in [0.2, 0.25) is 0 Å². The predicted octanol–water partition coefficient (Wildman–Crippen LogP) is 0.894. The van der Waals surface area contributed by atoms with Gasteiger partial charge in [-0.2, -0.15) is 0 Å². The van der Waals surface area contributed by atoms with E-state index in [1.807, 2.05) is 0 Å². The van der Waals surface area contributed by atoms with Crippen molar-refractivity contribution in [1.29, 1.82) is 0 Å². The summed E-state index contributed by atoms with van der Waals surface area (Å²) in [5, 5.41) is 16.8. The van der Waals surface area contributed by atoms with E-state index in [2.05, 4.69) is 17.3 Å². The number of carboxylic acids is 2. The second kappa shape index (κ2) is 9.08. The van der Waals surface area contributed by atoms with E-state index < -0.39 is 23.9 Å². The molecule has 1 unspecified atom stereocenters. The number of rotatable bonds is 4. The molecule has 0 fully saturated rings. The molecular formula is C10H16N2O5. The van der Waals surface area contributed by atoms with Crippen molar-refractivity contribution >= 4 is 24.2 Å². The van der Waals surface area contributed by atoms with Crippen molar-refractivity contribution < 1.29 is 24.6 Å². The van der Waals surface area contributed by atoms with E-state index in [-0.39, 0.29) is 12.0 Å². The monoisotopic (exact) mass is 244 g/mol. The molecule has 0 spiro atoms. The molecule has 0 aliphatic rings. The van der Waals surface area contributed by atoms with Gasteiger partial charge in [0.1, 0.15) is 0 Å².